The molecule has 0 saturated heterocycles. The molecule has 0 aliphatic carbocycles. The molecule has 0 fully saturated rings. The van der Waals surface area contributed by atoms with Crippen molar-refractivity contribution in [2.24, 2.45) is 0 Å². The molecule has 1 heterocycles. The van der Waals surface area contributed by atoms with Gasteiger partial charge in [0, 0.05) is 25.5 Å². The maximum absolute atomic E-state index is 12.5. The predicted molar refractivity (Wildman–Crippen MR) is 108 cm³/mol. The van der Waals surface area contributed by atoms with Crippen LogP contribution in [0, 0.1) is 0 Å². The number of anilines is 1. The summed E-state index contributed by atoms with van der Waals surface area (Å²) in [4.78, 5) is 23.3. The lowest BCUT2D eigenvalue weighted by Gasteiger charge is -2.21. The first-order valence-corrected chi connectivity index (χ1v) is 9.14. The molecule has 0 radical (unpaired) electrons. The summed E-state index contributed by atoms with van der Waals surface area (Å²) in [7, 11) is 0. The zero-order valence-electron chi connectivity index (χ0n) is 15.7. The molecular formula is C22H24N4O. The summed E-state index contributed by atoms with van der Waals surface area (Å²) in [6.45, 7) is 5.54. The van der Waals surface area contributed by atoms with Gasteiger partial charge in [0.2, 0.25) is 5.95 Å². The van der Waals surface area contributed by atoms with Crippen molar-refractivity contribution in [3.05, 3.63) is 89.7 Å². The molecule has 1 N–H and O–H groups in total. The number of rotatable bonds is 7. The zero-order chi connectivity index (χ0) is 19.1. The summed E-state index contributed by atoms with van der Waals surface area (Å²) in [5.74, 6) is 0.443. The van der Waals surface area contributed by atoms with Gasteiger partial charge >= 0.3 is 0 Å². The molecule has 0 aliphatic heterocycles. The lowest BCUT2D eigenvalue weighted by atomic mass is 10.1. The number of carbonyl (C=O) groups excluding carboxylic acids is 1. The van der Waals surface area contributed by atoms with Crippen LogP contribution >= 0.6 is 0 Å². The Labute approximate surface area is 160 Å². The standard InChI is InChI=1S/C22H24N4O/c1-3-26(16-18-10-6-4-7-11-18)22-23-14-20(15-24-22)21(27)25-17(2)19-12-8-5-9-13-19/h4-15,17H,3,16H2,1-2H3,(H,25,27). The summed E-state index contributed by atoms with van der Waals surface area (Å²) in [6, 6.07) is 20.0. The lowest BCUT2D eigenvalue weighted by Crippen LogP contribution is -2.28. The smallest absolute Gasteiger partial charge is 0.254 e. The van der Waals surface area contributed by atoms with Gasteiger partial charge in [-0.3, -0.25) is 4.79 Å². The number of nitrogens with one attached hydrogen (secondary N) is 1. The molecule has 1 unspecified atom stereocenters. The number of aromatic nitrogens is 2. The minimum atomic E-state index is -0.177. The average Bonchev–Trinajstić information content (AvgIpc) is 2.73. The van der Waals surface area contributed by atoms with E-state index in [4.69, 9.17) is 0 Å². The fourth-order valence-electron chi connectivity index (χ4n) is 2.83. The van der Waals surface area contributed by atoms with Crippen LogP contribution in [0.1, 0.15) is 41.4 Å². The molecule has 138 valence electrons. The Morgan fingerprint density at radius 2 is 1.59 bits per heavy atom. The van der Waals surface area contributed by atoms with Crippen molar-refractivity contribution in [1.29, 1.82) is 0 Å². The summed E-state index contributed by atoms with van der Waals surface area (Å²) in [5, 5.41) is 2.98. The Kier molecular flexibility index (Phi) is 6.15. The average molecular weight is 360 g/mol. The number of amides is 1. The van der Waals surface area contributed by atoms with Crippen LogP contribution in [0.4, 0.5) is 5.95 Å². The van der Waals surface area contributed by atoms with E-state index in [1.807, 2.05) is 55.5 Å². The highest BCUT2D eigenvalue weighted by molar-refractivity contribution is 5.93. The van der Waals surface area contributed by atoms with Crippen LogP contribution in [0.5, 0.6) is 0 Å². The number of nitrogens with zero attached hydrogens (tertiary/aromatic N) is 3. The Bertz CT molecular complexity index is 851. The van der Waals surface area contributed by atoms with Crippen LogP contribution in [-0.2, 0) is 6.54 Å². The van der Waals surface area contributed by atoms with Gasteiger partial charge < -0.3 is 10.2 Å². The van der Waals surface area contributed by atoms with E-state index in [0.717, 1.165) is 18.7 Å². The third-order valence-corrected chi connectivity index (χ3v) is 4.43. The van der Waals surface area contributed by atoms with Crippen molar-refractivity contribution in [2.45, 2.75) is 26.4 Å². The lowest BCUT2D eigenvalue weighted by molar-refractivity contribution is 0.0939. The fourth-order valence-corrected chi connectivity index (χ4v) is 2.83. The first-order valence-electron chi connectivity index (χ1n) is 9.14. The molecule has 0 aliphatic rings. The quantitative estimate of drug-likeness (QED) is 0.692. The van der Waals surface area contributed by atoms with Crippen LogP contribution in [0.3, 0.4) is 0 Å². The first-order chi connectivity index (χ1) is 13.2. The van der Waals surface area contributed by atoms with Gasteiger partial charge in [0.15, 0.2) is 0 Å². The Balaban J connectivity index is 1.66. The SMILES string of the molecule is CCN(Cc1ccccc1)c1ncc(C(=O)NC(C)c2ccccc2)cn1. The number of hydrogen-bond acceptors (Lipinski definition) is 4. The minimum absolute atomic E-state index is 0.0800. The van der Waals surface area contributed by atoms with Gasteiger partial charge in [-0.2, -0.15) is 0 Å². The molecule has 0 spiro atoms. The van der Waals surface area contributed by atoms with E-state index >= 15 is 0 Å². The first kappa shape index (κ1) is 18.6. The Morgan fingerprint density at radius 1 is 1.00 bits per heavy atom. The summed E-state index contributed by atoms with van der Waals surface area (Å²) < 4.78 is 0. The van der Waals surface area contributed by atoms with Crippen molar-refractivity contribution in [3.63, 3.8) is 0 Å². The third-order valence-electron chi connectivity index (χ3n) is 4.43. The van der Waals surface area contributed by atoms with E-state index in [1.165, 1.54) is 5.56 Å². The van der Waals surface area contributed by atoms with Crippen LogP contribution < -0.4 is 10.2 Å². The van der Waals surface area contributed by atoms with E-state index in [9.17, 15) is 4.79 Å². The number of carbonyl (C=O) groups is 1. The molecule has 1 aromatic heterocycles. The van der Waals surface area contributed by atoms with Crippen LogP contribution in [0.15, 0.2) is 73.1 Å². The van der Waals surface area contributed by atoms with Crippen LogP contribution in [0.25, 0.3) is 0 Å². The van der Waals surface area contributed by atoms with E-state index < -0.39 is 0 Å². The van der Waals surface area contributed by atoms with Crippen molar-refractivity contribution in [3.8, 4) is 0 Å². The van der Waals surface area contributed by atoms with Gasteiger partial charge in [-0.25, -0.2) is 9.97 Å². The highest BCUT2D eigenvalue weighted by atomic mass is 16.1. The van der Waals surface area contributed by atoms with Crippen molar-refractivity contribution in [1.82, 2.24) is 15.3 Å². The normalized spacial score (nSPS) is 11.6. The molecule has 1 atom stereocenters. The second-order valence-electron chi connectivity index (χ2n) is 6.38. The Morgan fingerprint density at radius 3 is 2.19 bits per heavy atom. The maximum atomic E-state index is 12.5. The van der Waals surface area contributed by atoms with Crippen molar-refractivity contribution >= 4 is 11.9 Å². The highest BCUT2D eigenvalue weighted by Gasteiger charge is 2.14. The van der Waals surface area contributed by atoms with Gasteiger partial charge in [0.05, 0.1) is 11.6 Å². The molecule has 5 nitrogen and oxygen atoms in total. The van der Waals surface area contributed by atoms with Gasteiger partial charge in [0.1, 0.15) is 0 Å². The number of benzene rings is 2. The molecule has 3 rings (SSSR count). The monoisotopic (exact) mass is 360 g/mol. The minimum Gasteiger partial charge on any atom is -0.345 e. The summed E-state index contributed by atoms with van der Waals surface area (Å²) in [6.07, 6.45) is 3.17. The Hall–Kier alpha value is -3.21. The van der Waals surface area contributed by atoms with Crippen LogP contribution in [0.2, 0.25) is 0 Å². The van der Waals surface area contributed by atoms with Gasteiger partial charge in [-0.15, -0.1) is 0 Å². The number of hydrogen-bond donors (Lipinski definition) is 1. The van der Waals surface area contributed by atoms with E-state index in [0.29, 0.717) is 11.5 Å². The van der Waals surface area contributed by atoms with Gasteiger partial charge in [-0.05, 0) is 25.0 Å². The summed E-state index contributed by atoms with van der Waals surface area (Å²) >= 11 is 0. The molecule has 2 aromatic carbocycles. The molecule has 0 bridgehead atoms. The molecular weight excluding hydrogens is 336 g/mol. The second-order valence-corrected chi connectivity index (χ2v) is 6.38. The largest absolute Gasteiger partial charge is 0.345 e. The maximum Gasteiger partial charge on any atom is 0.254 e. The molecule has 27 heavy (non-hydrogen) atoms. The van der Waals surface area contributed by atoms with Crippen molar-refractivity contribution in [2.75, 3.05) is 11.4 Å². The van der Waals surface area contributed by atoms with Crippen LogP contribution in [-0.4, -0.2) is 22.4 Å². The molecule has 3 aromatic rings. The van der Waals surface area contributed by atoms with Crippen molar-refractivity contribution < 1.29 is 4.79 Å². The molecule has 0 saturated carbocycles. The highest BCUT2D eigenvalue weighted by Crippen LogP contribution is 2.14. The van der Waals surface area contributed by atoms with E-state index in [1.54, 1.807) is 12.4 Å². The fraction of sp³-hybridized carbons (Fsp3) is 0.227. The predicted octanol–water partition coefficient (Wildman–Crippen LogP) is 3.99. The molecule has 5 heteroatoms. The van der Waals surface area contributed by atoms with E-state index in [2.05, 4.69) is 39.2 Å². The second kappa shape index (κ2) is 8.94. The third kappa shape index (κ3) is 4.91. The van der Waals surface area contributed by atoms with Gasteiger partial charge in [-0.1, -0.05) is 60.7 Å². The van der Waals surface area contributed by atoms with Gasteiger partial charge in [0.25, 0.3) is 5.91 Å². The van der Waals surface area contributed by atoms with E-state index in [-0.39, 0.29) is 11.9 Å². The summed E-state index contributed by atoms with van der Waals surface area (Å²) in [5.41, 5.74) is 2.71. The zero-order valence-corrected chi connectivity index (χ0v) is 15.7. The molecule has 1 amide bonds. The topological polar surface area (TPSA) is 58.1 Å².